The molecular weight excluding hydrogens is 305 g/mol. The highest BCUT2D eigenvalue weighted by molar-refractivity contribution is 6.42. The lowest BCUT2D eigenvalue weighted by molar-refractivity contribution is 0.0629. The van der Waals surface area contributed by atoms with Crippen LogP contribution in [0.2, 0.25) is 10.0 Å². The molecule has 0 spiro atoms. The van der Waals surface area contributed by atoms with Crippen LogP contribution in [0.15, 0.2) is 48.5 Å². The summed E-state index contributed by atoms with van der Waals surface area (Å²) in [4.78, 5) is 2.05. The third-order valence-corrected chi connectivity index (χ3v) is 4.31. The van der Waals surface area contributed by atoms with Gasteiger partial charge in [0.2, 0.25) is 0 Å². The minimum absolute atomic E-state index is 0.452. The lowest BCUT2D eigenvalue weighted by atomic mass is 9.83. The van der Waals surface area contributed by atoms with Gasteiger partial charge in [-0.2, -0.15) is 0 Å². The van der Waals surface area contributed by atoms with Crippen molar-refractivity contribution in [2.75, 3.05) is 20.6 Å². The maximum Gasteiger partial charge on any atom is 0.116 e. The van der Waals surface area contributed by atoms with Crippen molar-refractivity contribution < 1.29 is 5.11 Å². The van der Waals surface area contributed by atoms with Crippen molar-refractivity contribution >= 4 is 23.2 Å². The highest BCUT2D eigenvalue weighted by atomic mass is 35.5. The van der Waals surface area contributed by atoms with Gasteiger partial charge in [-0.15, -0.1) is 0 Å². The van der Waals surface area contributed by atoms with E-state index in [1.807, 2.05) is 55.4 Å². The minimum Gasteiger partial charge on any atom is -0.380 e. The van der Waals surface area contributed by atoms with Gasteiger partial charge in [0.05, 0.1) is 10.0 Å². The molecule has 1 atom stereocenters. The third-order valence-electron chi connectivity index (χ3n) is 3.57. The van der Waals surface area contributed by atoms with Crippen LogP contribution >= 0.6 is 23.2 Å². The van der Waals surface area contributed by atoms with Crippen molar-refractivity contribution in [3.05, 3.63) is 69.7 Å². The summed E-state index contributed by atoms with van der Waals surface area (Å²) in [5, 5.41) is 12.2. The molecular formula is C17H19Cl2NO. The fourth-order valence-corrected chi connectivity index (χ4v) is 2.61. The Labute approximate surface area is 135 Å². The van der Waals surface area contributed by atoms with Gasteiger partial charge in [-0.1, -0.05) is 59.6 Å². The second kappa shape index (κ2) is 6.80. The number of nitrogens with zero attached hydrogens (tertiary/aromatic N) is 1. The van der Waals surface area contributed by atoms with Crippen LogP contribution in [0.3, 0.4) is 0 Å². The average Bonchev–Trinajstić information content (AvgIpc) is 2.48. The fourth-order valence-electron chi connectivity index (χ4n) is 2.31. The van der Waals surface area contributed by atoms with Crippen molar-refractivity contribution in [3.8, 4) is 0 Å². The maximum absolute atomic E-state index is 11.3. The van der Waals surface area contributed by atoms with E-state index in [1.165, 1.54) is 0 Å². The number of aliphatic hydroxyl groups is 1. The number of rotatable bonds is 5. The van der Waals surface area contributed by atoms with Gasteiger partial charge in [-0.3, -0.25) is 0 Å². The summed E-state index contributed by atoms with van der Waals surface area (Å²) >= 11 is 12.1. The summed E-state index contributed by atoms with van der Waals surface area (Å²) in [6, 6.07) is 14.9. The lowest BCUT2D eigenvalue weighted by Gasteiger charge is -2.31. The van der Waals surface area contributed by atoms with E-state index in [9.17, 15) is 5.11 Å². The number of hydrogen-bond acceptors (Lipinski definition) is 2. The molecule has 0 aromatic heterocycles. The Hall–Kier alpha value is -1.06. The van der Waals surface area contributed by atoms with Gasteiger partial charge in [0.15, 0.2) is 0 Å². The standard InChI is InChI=1S/C17H19Cl2NO/c1-20(2)11-10-17(21,13-6-4-3-5-7-13)14-8-9-15(18)16(19)12-14/h3-9,12,21H,10-11H2,1-2H3. The van der Waals surface area contributed by atoms with Crippen LogP contribution in [-0.2, 0) is 5.60 Å². The van der Waals surface area contributed by atoms with Crippen LogP contribution in [0, 0.1) is 0 Å². The molecule has 2 aromatic carbocycles. The molecule has 112 valence electrons. The molecule has 2 aromatic rings. The van der Waals surface area contributed by atoms with Crippen molar-refractivity contribution in [1.82, 2.24) is 4.90 Å². The van der Waals surface area contributed by atoms with Crippen LogP contribution in [0.5, 0.6) is 0 Å². The molecule has 0 aliphatic heterocycles. The summed E-state index contributed by atoms with van der Waals surface area (Å²) in [6.45, 7) is 0.756. The monoisotopic (exact) mass is 323 g/mol. The molecule has 1 N–H and O–H groups in total. The van der Waals surface area contributed by atoms with E-state index >= 15 is 0 Å². The summed E-state index contributed by atoms with van der Waals surface area (Å²) < 4.78 is 0. The summed E-state index contributed by atoms with van der Waals surface area (Å²) in [7, 11) is 3.97. The third kappa shape index (κ3) is 3.78. The smallest absolute Gasteiger partial charge is 0.116 e. The Morgan fingerprint density at radius 2 is 1.62 bits per heavy atom. The van der Waals surface area contributed by atoms with Crippen LogP contribution in [0.1, 0.15) is 17.5 Å². The lowest BCUT2D eigenvalue weighted by Crippen LogP contribution is -2.31. The summed E-state index contributed by atoms with van der Waals surface area (Å²) in [6.07, 6.45) is 0.571. The molecule has 0 aliphatic rings. The van der Waals surface area contributed by atoms with E-state index < -0.39 is 5.60 Å². The van der Waals surface area contributed by atoms with E-state index in [0.29, 0.717) is 16.5 Å². The van der Waals surface area contributed by atoms with E-state index in [-0.39, 0.29) is 0 Å². The fraction of sp³-hybridized carbons (Fsp3) is 0.294. The zero-order valence-corrected chi connectivity index (χ0v) is 13.7. The van der Waals surface area contributed by atoms with Crippen molar-refractivity contribution in [1.29, 1.82) is 0 Å². The molecule has 2 rings (SSSR count). The van der Waals surface area contributed by atoms with Crippen molar-refractivity contribution in [3.63, 3.8) is 0 Å². The average molecular weight is 324 g/mol. The Balaban J connectivity index is 2.46. The van der Waals surface area contributed by atoms with Gasteiger partial charge < -0.3 is 10.0 Å². The molecule has 1 unspecified atom stereocenters. The molecule has 0 radical (unpaired) electrons. The van der Waals surface area contributed by atoms with Crippen LogP contribution in [0.4, 0.5) is 0 Å². The van der Waals surface area contributed by atoms with Crippen molar-refractivity contribution in [2.45, 2.75) is 12.0 Å². The van der Waals surface area contributed by atoms with E-state index in [1.54, 1.807) is 12.1 Å². The quantitative estimate of drug-likeness (QED) is 0.892. The van der Waals surface area contributed by atoms with Crippen LogP contribution in [-0.4, -0.2) is 30.6 Å². The number of halogens is 2. The molecule has 21 heavy (non-hydrogen) atoms. The van der Waals surface area contributed by atoms with Gasteiger partial charge >= 0.3 is 0 Å². The van der Waals surface area contributed by atoms with Gasteiger partial charge in [0.25, 0.3) is 0 Å². The van der Waals surface area contributed by atoms with Gasteiger partial charge in [-0.05, 0) is 43.8 Å². The first-order valence-electron chi connectivity index (χ1n) is 6.81. The summed E-state index contributed by atoms with van der Waals surface area (Å²) in [5.41, 5.74) is 0.523. The van der Waals surface area contributed by atoms with E-state index in [0.717, 1.165) is 17.7 Å². The minimum atomic E-state index is -1.08. The zero-order chi connectivity index (χ0) is 15.5. The maximum atomic E-state index is 11.3. The van der Waals surface area contributed by atoms with Crippen LogP contribution in [0.25, 0.3) is 0 Å². The number of hydrogen-bond donors (Lipinski definition) is 1. The Bertz CT molecular complexity index is 601. The Kier molecular flexibility index (Phi) is 5.28. The second-order valence-corrected chi connectivity index (χ2v) is 6.22. The predicted molar refractivity (Wildman–Crippen MR) is 89.1 cm³/mol. The zero-order valence-electron chi connectivity index (χ0n) is 12.2. The van der Waals surface area contributed by atoms with Gasteiger partial charge in [0.1, 0.15) is 5.60 Å². The van der Waals surface area contributed by atoms with Gasteiger partial charge in [-0.25, -0.2) is 0 Å². The first-order chi connectivity index (χ1) is 9.93. The first kappa shape index (κ1) is 16.3. The molecule has 2 nitrogen and oxygen atoms in total. The molecule has 0 saturated carbocycles. The van der Waals surface area contributed by atoms with E-state index in [2.05, 4.69) is 0 Å². The van der Waals surface area contributed by atoms with Crippen molar-refractivity contribution in [2.24, 2.45) is 0 Å². The molecule has 0 bridgehead atoms. The molecule has 0 heterocycles. The molecule has 0 saturated heterocycles. The molecule has 4 heteroatoms. The highest BCUT2D eigenvalue weighted by Gasteiger charge is 2.31. The largest absolute Gasteiger partial charge is 0.380 e. The Morgan fingerprint density at radius 3 is 2.19 bits per heavy atom. The SMILES string of the molecule is CN(C)CCC(O)(c1ccccc1)c1ccc(Cl)c(Cl)c1. The second-order valence-electron chi connectivity index (χ2n) is 5.41. The van der Waals surface area contributed by atoms with Crippen LogP contribution < -0.4 is 0 Å². The predicted octanol–water partition coefficient (Wildman–Crippen LogP) is 4.18. The Morgan fingerprint density at radius 1 is 0.952 bits per heavy atom. The highest BCUT2D eigenvalue weighted by Crippen LogP contribution is 2.36. The topological polar surface area (TPSA) is 23.5 Å². The normalized spacial score (nSPS) is 14.2. The summed E-state index contributed by atoms with van der Waals surface area (Å²) in [5.74, 6) is 0. The van der Waals surface area contributed by atoms with E-state index in [4.69, 9.17) is 23.2 Å². The van der Waals surface area contributed by atoms with Gasteiger partial charge in [0, 0.05) is 6.54 Å². The molecule has 0 aliphatic carbocycles. The molecule has 0 fully saturated rings. The first-order valence-corrected chi connectivity index (χ1v) is 7.57. The number of benzene rings is 2. The molecule has 0 amide bonds.